The van der Waals surface area contributed by atoms with E-state index in [1.165, 1.54) is 0 Å². The average Bonchev–Trinajstić information content (AvgIpc) is 3.18. The SMILES string of the molecule is Cc1ccc(NC(=O)c2nnc(COCC(=O)NCc3ccccc3C)s2)cc1. The minimum absolute atomic E-state index is 0.0869. The Morgan fingerprint density at radius 3 is 2.55 bits per heavy atom. The van der Waals surface area contributed by atoms with Crippen molar-refractivity contribution >= 4 is 28.8 Å². The summed E-state index contributed by atoms with van der Waals surface area (Å²) in [6.45, 7) is 4.46. The van der Waals surface area contributed by atoms with Gasteiger partial charge in [-0.1, -0.05) is 53.3 Å². The van der Waals surface area contributed by atoms with Crippen molar-refractivity contribution in [3.63, 3.8) is 0 Å². The number of benzene rings is 2. The lowest BCUT2D eigenvalue weighted by atomic mass is 10.1. The average molecular weight is 410 g/mol. The predicted octanol–water partition coefficient (Wildman–Crippen LogP) is 3.24. The third-order valence-corrected chi connectivity index (χ3v) is 5.06. The van der Waals surface area contributed by atoms with Crippen molar-refractivity contribution in [1.82, 2.24) is 15.5 Å². The molecule has 3 rings (SSSR count). The number of anilines is 1. The smallest absolute Gasteiger partial charge is 0.286 e. The molecule has 2 aromatic carbocycles. The summed E-state index contributed by atoms with van der Waals surface area (Å²) in [6.07, 6.45) is 0. The van der Waals surface area contributed by atoms with E-state index >= 15 is 0 Å². The molecule has 1 aromatic heterocycles. The summed E-state index contributed by atoms with van der Waals surface area (Å²) >= 11 is 1.14. The first kappa shape index (κ1) is 20.6. The van der Waals surface area contributed by atoms with Crippen molar-refractivity contribution in [3.8, 4) is 0 Å². The lowest BCUT2D eigenvalue weighted by Gasteiger charge is -2.07. The van der Waals surface area contributed by atoms with Crippen LogP contribution in [0.2, 0.25) is 0 Å². The first-order chi connectivity index (χ1) is 14.0. The number of carbonyl (C=O) groups is 2. The van der Waals surface area contributed by atoms with Crippen molar-refractivity contribution in [2.75, 3.05) is 11.9 Å². The quantitative estimate of drug-likeness (QED) is 0.595. The third-order valence-electron chi connectivity index (χ3n) is 4.17. The van der Waals surface area contributed by atoms with Gasteiger partial charge in [0, 0.05) is 12.2 Å². The maximum Gasteiger partial charge on any atom is 0.286 e. The normalized spacial score (nSPS) is 10.6. The van der Waals surface area contributed by atoms with Crippen molar-refractivity contribution < 1.29 is 14.3 Å². The Kier molecular flexibility index (Phi) is 7.04. The summed E-state index contributed by atoms with van der Waals surface area (Å²) in [5.74, 6) is -0.538. The fraction of sp³-hybridized carbons (Fsp3) is 0.238. The highest BCUT2D eigenvalue weighted by molar-refractivity contribution is 7.13. The van der Waals surface area contributed by atoms with Crippen molar-refractivity contribution in [3.05, 3.63) is 75.2 Å². The Labute approximate surface area is 173 Å². The molecule has 0 saturated heterocycles. The summed E-state index contributed by atoms with van der Waals surface area (Å²) in [6, 6.07) is 15.4. The number of ether oxygens (including phenoxy) is 1. The monoisotopic (exact) mass is 410 g/mol. The molecule has 0 fully saturated rings. The lowest BCUT2D eigenvalue weighted by Crippen LogP contribution is -2.27. The summed E-state index contributed by atoms with van der Waals surface area (Å²) < 4.78 is 5.39. The van der Waals surface area contributed by atoms with E-state index in [2.05, 4.69) is 20.8 Å². The molecule has 0 aliphatic heterocycles. The highest BCUT2D eigenvalue weighted by Gasteiger charge is 2.13. The van der Waals surface area contributed by atoms with E-state index in [9.17, 15) is 9.59 Å². The van der Waals surface area contributed by atoms with Crippen LogP contribution < -0.4 is 10.6 Å². The second-order valence-electron chi connectivity index (χ2n) is 6.52. The molecule has 0 saturated carbocycles. The maximum atomic E-state index is 12.2. The number of hydrogen-bond donors (Lipinski definition) is 2. The van der Waals surface area contributed by atoms with E-state index in [0.717, 1.165) is 28.0 Å². The molecule has 8 heteroatoms. The Morgan fingerprint density at radius 1 is 1.03 bits per heavy atom. The Morgan fingerprint density at radius 2 is 1.79 bits per heavy atom. The molecule has 0 atom stereocenters. The number of rotatable bonds is 8. The van der Waals surface area contributed by atoms with Gasteiger partial charge in [0.15, 0.2) is 0 Å². The first-order valence-corrected chi connectivity index (χ1v) is 9.92. The zero-order chi connectivity index (χ0) is 20.6. The largest absolute Gasteiger partial charge is 0.364 e. The minimum atomic E-state index is -0.325. The summed E-state index contributed by atoms with van der Waals surface area (Å²) in [5.41, 5.74) is 3.99. The zero-order valence-electron chi connectivity index (χ0n) is 16.3. The molecule has 0 spiro atoms. The number of amides is 2. The fourth-order valence-electron chi connectivity index (χ4n) is 2.51. The molecule has 150 valence electrons. The van der Waals surface area contributed by atoms with Crippen molar-refractivity contribution in [1.29, 1.82) is 0 Å². The second-order valence-corrected chi connectivity index (χ2v) is 7.58. The highest BCUT2D eigenvalue weighted by atomic mass is 32.1. The zero-order valence-corrected chi connectivity index (χ0v) is 17.1. The summed E-state index contributed by atoms with van der Waals surface area (Å²) in [5, 5.41) is 14.2. The van der Waals surface area contributed by atoms with Crippen LogP contribution in [0.25, 0.3) is 0 Å². The van der Waals surface area contributed by atoms with E-state index in [-0.39, 0.29) is 30.0 Å². The molecular weight excluding hydrogens is 388 g/mol. The van der Waals surface area contributed by atoms with E-state index in [0.29, 0.717) is 17.2 Å². The van der Waals surface area contributed by atoms with Crippen molar-refractivity contribution in [2.45, 2.75) is 27.0 Å². The van der Waals surface area contributed by atoms with Gasteiger partial charge in [-0.2, -0.15) is 0 Å². The fourth-order valence-corrected chi connectivity index (χ4v) is 3.18. The van der Waals surface area contributed by atoms with Gasteiger partial charge in [0.2, 0.25) is 10.9 Å². The van der Waals surface area contributed by atoms with Crippen LogP contribution in [0, 0.1) is 13.8 Å². The molecule has 0 aliphatic rings. The standard InChI is InChI=1S/C21H22N4O3S/c1-14-7-9-17(10-8-14)23-20(27)21-25-24-19(29-21)13-28-12-18(26)22-11-16-6-4-3-5-15(16)2/h3-10H,11-13H2,1-2H3,(H,22,26)(H,23,27). The molecule has 0 radical (unpaired) electrons. The number of hydrogen-bond acceptors (Lipinski definition) is 6. The van der Waals surface area contributed by atoms with E-state index < -0.39 is 0 Å². The van der Waals surface area contributed by atoms with Crippen LogP contribution in [-0.2, 0) is 22.7 Å². The minimum Gasteiger partial charge on any atom is -0.364 e. The molecular formula is C21H22N4O3S. The molecule has 29 heavy (non-hydrogen) atoms. The Balaban J connectivity index is 1.41. The van der Waals surface area contributed by atoms with E-state index in [1.807, 2.05) is 62.4 Å². The van der Waals surface area contributed by atoms with Gasteiger partial charge in [-0.3, -0.25) is 9.59 Å². The van der Waals surface area contributed by atoms with Gasteiger partial charge in [0.05, 0.1) is 0 Å². The Hall–Kier alpha value is -3.10. The molecule has 0 bridgehead atoms. The van der Waals surface area contributed by atoms with Crippen LogP contribution in [-0.4, -0.2) is 28.6 Å². The maximum absolute atomic E-state index is 12.2. The van der Waals surface area contributed by atoms with Crippen LogP contribution in [0.15, 0.2) is 48.5 Å². The summed E-state index contributed by atoms with van der Waals surface area (Å²) in [4.78, 5) is 24.2. The molecule has 7 nitrogen and oxygen atoms in total. The second kappa shape index (κ2) is 9.90. The Bertz CT molecular complexity index is 986. The van der Waals surface area contributed by atoms with Gasteiger partial charge >= 0.3 is 0 Å². The van der Waals surface area contributed by atoms with Gasteiger partial charge in [-0.25, -0.2) is 0 Å². The number of aryl methyl sites for hydroxylation is 2. The molecule has 1 heterocycles. The van der Waals surface area contributed by atoms with Crippen LogP contribution in [0.1, 0.15) is 31.5 Å². The number of aromatic nitrogens is 2. The summed E-state index contributed by atoms with van der Waals surface area (Å²) in [7, 11) is 0. The van der Waals surface area contributed by atoms with Gasteiger partial charge in [0.25, 0.3) is 5.91 Å². The molecule has 2 amide bonds. The van der Waals surface area contributed by atoms with Crippen LogP contribution >= 0.6 is 11.3 Å². The third kappa shape index (κ3) is 6.20. The van der Waals surface area contributed by atoms with Crippen LogP contribution in [0.3, 0.4) is 0 Å². The highest BCUT2D eigenvalue weighted by Crippen LogP contribution is 2.14. The number of nitrogens with zero attached hydrogens (tertiary/aromatic N) is 2. The molecule has 3 aromatic rings. The van der Waals surface area contributed by atoms with Gasteiger partial charge < -0.3 is 15.4 Å². The first-order valence-electron chi connectivity index (χ1n) is 9.10. The van der Waals surface area contributed by atoms with Crippen LogP contribution in [0.4, 0.5) is 5.69 Å². The van der Waals surface area contributed by atoms with Gasteiger partial charge in [-0.15, -0.1) is 10.2 Å². The molecule has 0 unspecified atom stereocenters. The van der Waals surface area contributed by atoms with Crippen molar-refractivity contribution in [2.24, 2.45) is 0 Å². The topological polar surface area (TPSA) is 93.2 Å². The number of carbonyl (C=O) groups excluding carboxylic acids is 2. The van der Waals surface area contributed by atoms with Gasteiger partial charge in [0.1, 0.15) is 18.2 Å². The van der Waals surface area contributed by atoms with Gasteiger partial charge in [-0.05, 0) is 37.1 Å². The van der Waals surface area contributed by atoms with E-state index in [1.54, 1.807) is 0 Å². The van der Waals surface area contributed by atoms with Crippen LogP contribution in [0.5, 0.6) is 0 Å². The number of nitrogens with one attached hydrogen (secondary N) is 2. The van der Waals surface area contributed by atoms with E-state index in [4.69, 9.17) is 4.74 Å². The lowest BCUT2D eigenvalue weighted by molar-refractivity contribution is -0.126. The molecule has 2 N–H and O–H groups in total. The predicted molar refractivity (Wildman–Crippen MR) is 112 cm³/mol. The molecule has 0 aliphatic carbocycles.